The number of methoxy groups -OCH3 is 1. The summed E-state index contributed by atoms with van der Waals surface area (Å²) in [5, 5.41) is 0. The Balaban J connectivity index is 0.000000186. The van der Waals surface area contributed by atoms with Gasteiger partial charge in [0.15, 0.2) is 0 Å². The van der Waals surface area contributed by atoms with Gasteiger partial charge in [0.2, 0.25) is 27.2 Å². The second kappa shape index (κ2) is 42.0. The van der Waals surface area contributed by atoms with Gasteiger partial charge in [-0.25, -0.2) is 0 Å². The van der Waals surface area contributed by atoms with Crippen molar-refractivity contribution in [3.05, 3.63) is 368 Å². The van der Waals surface area contributed by atoms with Gasteiger partial charge in [0, 0.05) is 102 Å². The molecule has 12 aromatic rings. The topological polar surface area (TPSA) is 102 Å². The van der Waals surface area contributed by atoms with E-state index in [-0.39, 0.29) is 92.6 Å². The summed E-state index contributed by atoms with van der Waals surface area (Å²) in [5.41, 5.74) is 9.79. The van der Waals surface area contributed by atoms with Crippen LogP contribution in [0.1, 0.15) is 33.4 Å². The number of ether oxygens (including phenoxy) is 11. The Kier molecular flexibility index (Phi) is 32.6. The maximum absolute atomic E-state index is 14.6. The van der Waals surface area contributed by atoms with Crippen molar-refractivity contribution < 1.29 is 157 Å². The molecule has 0 N–H and O–H groups in total. The molecule has 0 saturated heterocycles. The first-order chi connectivity index (χ1) is 52.2. The van der Waals surface area contributed by atoms with Gasteiger partial charge in [-0.2, -0.15) is 112 Å². The molecule has 110 heavy (non-hydrogen) atoms. The molecule has 0 heterocycles. The molecule has 11 nitrogen and oxygen atoms in total. The number of alkyl halides is 6. The fourth-order valence-corrected chi connectivity index (χ4v) is 10.3. The molecule has 2 radical (unpaired) electrons. The van der Waals surface area contributed by atoms with Crippen molar-refractivity contribution >= 4 is 6.08 Å². The molecule has 560 valence electrons. The van der Waals surface area contributed by atoms with Gasteiger partial charge in [-0.05, 0) is 149 Å². The van der Waals surface area contributed by atoms with Crippen molar-refractivity contribution in [2.24, 2.45) is 0 Å². The van der Waals surface area contributed by atoms with E-state index in [1.165, 1.54) is 28.8 Å². The fourth-order valence-electron chi connectivity index (χ4n) is 10.3. The zero-order valence-corrected chi connectivity index (χ0v) is 65.0. The second-order valence-electron chi connectivity index (χ2n) is 23.6. The van der Waals surface area contributed by atoms with E-state index in [1.807, 2.05) is 109 Å². The number of halogens is 9. The van der Waals surface area contributed by atoms with Crippen molar-refractivity contribution in [1.82, 2.24) is 0 Å². The molecule has 1 saturated carbocycles. The van der Waals surface area contributed by atoms with Crippen LogP contribution in [0, 0.1) is 31.2 Å². The van der Waals surface area contributed by atoms with E-state index >= 15 is 0 Å². The van der Waals surface area contributed by atoms with Crippen molar-refractivity contribution in [3.8, 4) is 79.7 Å². The van der Waals surface area contributed by atoms with Crippen LogP contribution >= 0.6 is 0 Å². The summed E-state index contributed by atoms with van der Waals surface area (Å²) in [6.07, 6.45) is 0.464. The molecular formula is C88H69F9O11Y2-4. The summed E-state index contributed by atoms with van der Waals surface area (Å²) >= 11 is 0. The van der Waals surface area contributed by atoms with Crippen LogP contribution in [0.5, 0.6) is 57.5 Å². The molecular weight excluding hydrogens is 1580 g/mol. The fraction of sp³-hybridized carbons (Fsp3) is 0.136. The average Bonchev–Trinajstić information content (AvgIpc) is 0.657. The van der Waals surface area contributed by atoms with E-state index < -0.39 is 41.4 Å². The van der Waals surface area contributed by atoms with Gasteiger partial charge in [0.05, 0.1) is 0 Å². The number of aryl methyl sites for hydroxylation is 1. The van der Waals surface area contributed by atoms with Gasteiger partial charge >= 0.3 is 23.6 Å². The van der Waals surface area contributed by atoms with Crippen LogP contribution in [0.4, 0.5) is 39.5 Å². The number of hydrogen-bond acceptors (Lipinski definition) is 11. The molecule has 12 aromatic carbocycles. The molecule has 22 heteroatoms. The Morgan fingerprint density at radius 3 is 0.855 bits per heavy atom. The molecule has 1 aliphatic rings. The summed E-state index contributed by atoms with van der Waals surface area (Å²) in [6.45, 7) is 5.62. The van der Waals surface area contributed by atoms with Crippen LogP contribution in [-0.4, -0.2) is 57.8 Å². The van der Waals surface area contributed by atoms with Gasteiger partial charge in [-0.3, -0.25) is 0 Å². The number of hydrogen-bond donors (Lipinski definition) is 0. The Morgan fingerprint density at radius 1 is 0.327 bits per heavy atom. The van der Waals surface area contributed by atoms with Crippen LogP contribution in [0.25, 0.3) is 28.3 Å². The van der Waals surface area contributed by atoms with Gasteiger partial charge < -0.3 is 52.1 Å². The summed E-state index contributed by atoms with van der Waals surface area (Å²) in [4.78, 5) is 0. The first-order valence-electron chi connectivity index (χ1n) is 33.3. The van der Waals surface area contributed by atoms with Gasteiger partial charge in [-0.1, -0.05) is 127 Å². The van der Waals surface area contributed by atoms with Crippen LogP contribution in [-0.2, 0) is 83.0 Å². The predicted molar refractivity (Wildman–Crippen MR) is 392 cm³/mol. The van der Waals surface area contributed by atoms with Crippen molar-refractivity contribution in [2.75, 3.05) is 34.3 Å². The third kappa shape index (κ3) is 24.3. The Labute approximate surface area is 682 Å². The van der Waals surface area contributed by atoms with Gasteiger partial charge in [0.25, 0.3) is 12.1 Å². The molecule has 2 atom stereocenters. The summed E-state index contributed by atoms with van der Waals surface area (Å²) < 4.78 is 177. The molecule has 0 bridgehead atoms. The van der Waals surface area contributed by atoms with E-state index in [0.29, 0.717) is 59.2 Å². The first-order valence-corrected chi connectivity index (χ1v) is 33.3. The minimum absolute atomic E-state index is 0. The van der Waals surface area contributed by atoms with E-state index in [1.54, 1.807) is 121 Å². The van der Waals surface area contributed by atoms with Gasteiger partial charge in [-0.15, -0.1) is 48.5 Å². The van der Waals surface area contributed by atoms with E-state index in [2.05, 4.69) is 83.6 Å². The maximum Gasteiger partial charge on any atom is 0.390 e. The van der Waals surface area contributed by atoms with E-state index in [9.17, 15) is 39.5 Å². The number of benzene rings is 12. The quantitative estimate of drug-likeness (QED) is 0.0203. The molecule has 1 fully saturated rings. The van der Waals surface area contributed by atoms with Crippen LogP contribution in [0.2, 0.25) is 0 Å². The summed E-state index contributed by atoms with van der Waals surface area (Å²) in [7, 11) is 0.357. The molecule has 2 unspecified atom stereocenters. The smallest absolute Gasteiger partial charge is 0.390 e. The van der Waals surface area contributed by atoms with E-state index in [0.717, 1.165) is 69.7 Å². The minimum Gasteiger partial charge on any atom is -0.483 e. The predicted octanol–water partition coefficient (Wildman–Crippen LogP) is 22.1. The first kappa shape index (κ1) is 85.3. The Morgan fingerprint density at radius 2 is 0.573 bits per heavy atom. The Hall–Kier alpha value is -10.3. The molecule has 0 aliphatic heterocycles. The number of rotatable bonds is 28. The van der Waals surface area contributed by atoms with Crippen LogP contribution in [0.3, 0.4) is 0 Å². The standard InChI is InChI=1S/C25H19F6O4.C21H15F2O2.C21H16FO3.C21H19O2.2Y/c1-32-24(30)22(26,27)23(28,29)25(24,31)35-21-13-9-18(10-14-21)15-17-7-11-20(12-8-17)34-16-33-19-5-3-2-4-6-19;22-21(23)14-16-6-8-17(9-7-16)18-10-12-20(13-11-18)25-15-24-19-4-2-1-3-5-19;1-16(22)25-21-13-9-18(10-14-21)17-7-11-20(12-8-17)24-15-23-19-5-3-2-4-6-19;1-17-7-9-18(10-8-17)15-19-11-13-21(14-12-19)23-16-22-20-5-3-2-4-6-20;;/h3-14H,15-16H2,1H3;2-14H,15H2;3-14H,1,15H2;3-14H,15-16H2,1H3;;/q4*-1;;. The van der Waals surface area contributed by atoms with Crippen LogP contribution < -0.4 is 47.4 Å². The minimum atomic E-state index is -5.43. The van der Waals surface area contributed by atoms with Crippen molar-refractivity contribution in [3.63, 3.8) is 0 Å². The molecule has 0 aromatic heterocycles. The average molecular weight is 1650 g/mol. The summed E-state index contributed by atoms with van der Waals surface area (Å²) in [6, 6.07) is 97.4. The monoisotopic (exact) mass is 1650 g/mol. The third-order valence-corrected chi connectivity index (χ3v) is 16.1. The largest absolute Gasteiger partial charge is 0.483 e. The maximum atomic E-state index is 14.6. The third-order valence-electron chi connectivity index (χ3n) is 16.1. The van der Waals surface area contributed by atoms with E-state index in [4.69, 9.17) is 42.6 Å². The Bertz CT molecular complexity index is 4720. The zero-order valence-electron chi connectivity index (χ0n) is 59.3. The van der Waals surface area contributed by atoms with Gasteiger partial charge in [0.1, 0.15) is 34.5 Å². The molecule has 1 aliphatic carbocycles. The summed E-state index contributed by atoms with van der Waals surface area (Å²) in [5.74, 6) is -14.7. The zero-order chi connectivity index (χ0) is 76.2. The van der Waals surface area contributed by atoms with Crippen molar-refractivity contribution in [2.45, 2.75) is 43.3 Å². The van der Waals surface area contributed by atoms with Crippen LogP contribution in [0.15, 0.2) is 310 Å². The second-order valence-corrected chi connectivity index (χ2v) is 23.6. The SMILES string of the molecule is C=C(F)Oc1ccc(-c2ccc(OCOc3cc[c-]cc3)cc2)cc1.COC1(F)C(F)(F)C(F)(F)C1(F)Oc1ccc(Cc2ccc(OCOc3cc[c-]cc3)cc2)cc1.Cc1ccc(Cc2ccc(OCOc3cc[c-]cc3)cc2)cc1.FC(F)=Cc1ccc(-c2ccc(OCOc3cc[c-]cc3)cc2)cc1.[Y].[Y]. The molecule has 0 amide bonds. The molecule has 0 spiro atoms. The molecule has 13 rings (SSSR count). The normalized spacial score (nSPS) is 14.5. The van der Waals surface area contributed by atoms with Crippen molar-refractivity contribution in [1.29, 1.82) is 0 Å².